The van der Waals surface area contributed by atoms with E-state index in [-0.39, 0.29) is 17.9 Å². The van der Waals surface area contributed by atoms with E-state index in [1.165, 1.54) is 12.8 Å². The van der Waals surface area contributed by atoms with Crippen molar-refractivity contribution in [1.29, 1.82) is 0 Å². The Kier molecular flexibility index (Phi) is 3.99. The molecular formula is C12H21N3O2. The normalized spacial score (nSPS) is 24.2. The summed E-state index contributed by atoms with van der Waals surface area (Å²) in [6, 6.07) is 0.559. The van der Waals surface area contributed by atoms with Crippen LogP contribution in [0, 0.1) is 0 Å². The van der Waals surface area contributed by atoms with Gasteiger partial charge in [0, 0.05) is 32.1 Å². The molecule has 1 atom stereocenters. The molecule has 1 aliphatic heterocycles. The summed E-state index contributed by atoms with van der Waals surface area (Å²) in [7, 11) is 0. The van der Waals surface area contributed by atoms with Gasteiger partial charge in [-0.25, -0.2) is 0 Å². The lowest BCUT2D eigenvalue weighted by Crippen LogP contribution is -2.40. The molecule has 17 heavy (non-hydrogen) atoms. The van der Waals surface area contributed by atoms with Gasteiger partial charge in [0.15, 0.2) is 0 Å². The molecule has 0 aromatic rings. The van der Waals surface area contributed by atoms with Crippen LogP contribution in [0.4, 0.5) is 0 Å². The van der Waals surface area contributed by atoms with Gasteiger partial charge in [0.2, 0.25) is 11.8 Å². The largest absolute Gasteiger partial charge is 0.356 e. The quantitative estimate of drug-likeness (QED) is 0.678. The van der Waals surface area contributed by atoms with E-state index in [0.29, 0.717) is 25.6 Å². The molecule has 1 saturated heterocycles. The maximum atomic E-state index is 12.0. The molecule has 5 nitrogen and oxygen atoms in total. The summed E-state index contributed by atoms with van der Waals surface area (Å²) in [6.07, 6.45) is 3.69. The van der Waals surface area contributed by atoms with Crippen molar-refractivity contribution in [2.45, 2.75) is 44.7 Å². The molecule has 2 aliphatic rings. The van der Waals surface area contributed by atoms with Gasteiger partial charge in [-0.1, -0.05) is 0 Å². The van der Waals surface area contributed by atoms with Crippen molar-refractivity contribution in [3.8, 4) is 0 Å². The molecule has 0 radical (unpaired) electrons. The lowest BCUT2D eigenvalue weighted by Gasteiger charge is -2.16. The van der Waals surface area contributed by atoms with E-state index >= 15 is 0 Å². The van der Waals surface area contributed by atoms with Crippen LogP contribution in [-0.4, -0.2) is 48.4 Å². The highest BCUT2D eigenvalue weighted by Crippen LogP contribution is 2.22. The van der Waals surface area contributed by atoms with Crippen molar-refractivity contribution >= 4 is 11.8 Å². The lowest BCUT2D eigenvalue weighted by atomic mass is 10.2. The lowest BCUT2D eigenvalue weighted by molar-refractivity contribution is -0.130. The minimum absolute atomic E-state index is 0.00302. The third-order valence-corrected chi connectivity index (χ3v) is 3.29. The summed E-state index contributed by atoms with van der Waals surface area (Å²) < 4.78 is 0. The van der Waals surface area contributed by atoms with Crippen LogP contribution >= 0.6 is 0 Å². The van der Waals surface area contributed by atoms with Gasteiger partial charge in [-0.05, 0) is 26.2 Å². The Bertz CT molecular complexity index is 302. The SMILES string of the molecule is CCNC(=O)CCN1CCC(NC2CC2)C1=O. The highest BCUT2D eigenvalue weighted by molar-refractivity contribution is 5.84. The van der Waals surface area contributed by atoms with Gasteiger partial charge in [-0.3, -0.25) is 9.59 Å². The molecule has 0 aromatic heterocycles. The van der Waals surface area contributed by atoms with E-state index in [0.717, 1.165) is 13.0 Å². The molecule has 0 aromatic carbocycles. The van der Waals surface area contributed by atoms with E-state index in [4.69, 9.17) is 0 Å². The first-order valence-corrected chi connectivity index (χ1v) is 6.52. The third kappa shape index (κ3) is 3.43. The fraction of sp³-hybridized carbons (Fsp3) is 0.833. The van der Waals surface area contributed by atoms with Crippen LogP contribution in [0.2, 0.25) is 0 Å². The van der Waals surface area contributed by atoms with E-state index in [2.05, 4.69) is 10.6 Å². The number of hydrogen-bond donors (Lipinski definition) is 2. The molecule has 2 amide bonds. The maximum Gasteiger partial charge on any atom is 0.239 e. The van der Waals surface area contributed by atoms with Gasteiger partial charge in [-0.2, -0.15) is 0 Å². The fourth-order valence-electron chi connectivity index (χ4n) is 2.17. The van der Waals surface area contributed by atoms with E-state index < -0.39 is 0 Å². The summed E-state index contributed by atoms with van der Waals surface area (Å²) in [5.74, 6) is 0.195. The molecule has 1 saturated carbocycles. The summed E-state index contributed by atoms with van der Waals surface area (Å²) in [4.78, 5) is 25.1. The van der Waals surface area contributed by atoms with E-state index in [9.17, 15) is 9.59 Å². The predicted molar refractivity (Wildman–Crippen MR) is 64.4 cm³/mol. The number of nitrogens with zero attached hydrogens (tertiary/aromatic N) is 1. The zero-order chi connectivity index (χ0) is 12.3. The van der Waals surface area contributed by atoms with Gasteiger partial charge in [-0.15, -0.1) is 0 Å². The number of carbonyl (C=O) groups is 2. The molecule has 2 rings (SSSR count). The molecule has 1 aliphatic carbocycles. The number of likely N-dealkylation sites (tertiary alicyclic amines) is 1. The second-order valence-corrected chi connectivity index (χ2v) is 4.81. The van der Waals surface area contributed by atoms with Gasteiger partial charge in [0.25, 0.3) is 0 Å². The Morgan fingerprint density at radius 3 is 2.82 bits per heavy atom. The average Bonchev–Trinajstić information content (AvgIpc) is 3.04. The van der Waals surface area contributed by atoms with Crippen LogP contribution in [0.15, 0.2) is 0 Å². The zero-order valence-electron chi connectivity index (χ0n) is 10.4. The predicted octanol–water partition coefficient (Wildman–Crippen LogP) is -0.134. The summed E-state index contributed by atoms with van der Waals surface area (Å²) >= 11 is 0. The van der Waals surface area contributed by atoms with Crippen molar-refractivity contribution in [3.05, 3.63) is 0 Å². The maximum absolute atomic E-state index is 12.0. The van der Waals surface area contributed by atoms with Crippen molar-refractivity contribution in [1.82, 2.24) is 15.5 Å². The van der Waals surface area contributed by atoms with Crippen molar-refractivity contribution in [2.75, 3.05) is 19.6 Å². The zero-order valence-corrected chi connectivity index (χ0v) is 10.4. The Hall–Kier alpha value is -1.10. The van der Waals surface area contributed by atoms with Crippen LogP contribution in [0.3, 0.4) is 0 Å². The van der Waals surface area contributed by atoms with Gasteiger partial charge in [0.05, 0.1) is 6.04 Å². The van der Waals surface area contributed by atoms with E-state index in [1.54, 1.807) is 4.90 Å². The minimum atomic E-state index is -0.00302. The van der Waals surface area contributed by atoms with E-state index in [1.807, 2.05) is 6.92 Å². The first-order chi connectivity index (χ1) is 8.20. The molecule has 5 heteroatoms. The molecule has 0 spiro atoms. The summed E-state index contributed by atoms with van der Waals surface area (Å²) in [5.41, 5.74) is 0. The van der Waals surface area contributed by atoms with Crippen molar-refractivity contribution in [3.63, 3.8) is 0 Å². The monoisotopic (exact) mass is 239 g/mol. The number of hydrogen-bond acceptors (Lipinski definition) is 3. The third-order valence-electron chi connectivity index (χ3n) is 3.29. The summed E-state index contributed by atoms with van der Waals surface area (Å²) in [6.45, 7) is 3.88. The van der Waals surface area contributed by atoms with Crippen LogP contribution in [-0.2, 0) is 9.59 Å². The Balaban J connectivity index is 1.71. The fourth-order valence-corrected chi connectivity index (χ4v) is 2.17. The van der Waals surface area contributed by atoms with Crippen LogP contribution in [0.25, 0.3) is 0 Å². The van der Waals surface area contributed by atoms with Crippen molar-refractivity contribution in [2.24, 2.45) is 0 Å². The Morgan fingerprint density at radius 1 is 1.41 bits per heavy atom. The Labute approximate surface area is 102 Å². The molecule has 0 bridgehead atoms. The topological polar surface area (TPSA) is 61.4 Å². The molecule has 1 heterocycles. The Morgan fingerprint density at radius 2 is 2.18 bits per heavy atom. The highest BCUT2D eigenvalue weighted by Gasteiger charge is 2.35. The number of carbonyl (C=O) groups excluding carboxylic acids is 2. The number of rotatable bonds is 6. The first-order valence-electron chi connectivity index (χ1n) is 6.52. The number of amides is 2. The molecule has 96 valence electrons. The molecule has 2 N–H and O–H groups in total. The van der Waals surface area contributed by atoms with Crippen molar-refractivity contribution < 1.29 is 9.59 Å². The standard InChI is InChI=1S/C12H21N3O2/c1-2-13-11(16)6-8-15-7-5-10(12(15)17)14-9-3-4-9/h9-10,14H,2-8H2,1H3,(H,13,16). The minimum Gasteiger partial charge on any atom is -0.356 e. The average molecular weight is 239 g/mol. The molecule has 2 fully saturated rings. The van der Waals surface area contributed by atoms with Crippen LogP contribution in [0.5, 0.6) is 0 Å². The van der Waals surface area contributed by atoms with Gasteiger partial charge < -0.3 is 15.5 Å². The van der Waals surface area contributed by atoms with Gasteiger partial charge in [0.1, 0.15) is 0 Å². The first kappa shape index (κ1) is 12.4. The van der Waals surface area contributed by atoms with Crippen LogP contribution < -0.4 is 10.6 Å². The number of nitrogens with one attached hydrogen (secondary N) is 2. The highest BCUT2D eigenvalue weighted by atomic mass is 16.2. The van der Waals surface area contributed by atoms with Gasteiger partial charge >= 0.3 is 0 Å². The second-order valence-electron chi connectivity index (χ2n) is 4.81. The molecular weight excluding hydrogens is 218 g/mol. The molecule has 1 unspecified atom stereocenters. The summed E-state index contributed by atoms with van der Waals surface area (Å²) in [5, 5.41) is 6.10. The second kappa shape index (κ2) is 5.49. The smallest absolute Gasteiger partial charge is 0.239 e. The van der Waals surface area contributed by atoms with Crippen LogP contribution in [0.1, 0.15) is 32.6 Å².